The summed E-state index contributed by atoms with van der Waals surface area (Å²) in [6.07, 6.45) is 1.50. The highest BCUT2D eigenvalue weighted by atomic mass is 16.5. The van der Waals surface area contributed by atoms with Crippen LogP contribution in [0, 0.1) is 6.92 Å². The number of hydrogen-bond donors (Lipinski definition) is 0. The Balaban J connectivity index is 1.85. The van der Waals surface area contributed by atoms with Crippen LogP contribution in [0.2, 0.25) is 0 Å². The van der Waals surface area contributed by atoms with Crippen molar-refractivity contribution >= 4 is 0 Å². The van der Waals surface area contributed by atoms with Crippen molar-refractivity contribution in [2.75, 3.05) is 0 Å². The molecule has 18 heavy (non-hydrogen) atoms. The number of aromatic nitrogens is 6. The van der Waals surface area contributed by atoms with Crippen molar-refractivity contribution in [3.63, 3.8) is 0 Å². The Hall–Kier alpha value is -2.57. The van der Waals surface area contributed by atoms with Crippen molar-refractivity contribution in [2.45, 2.75) is 13.5 Å². The maximum Gasteiger partial charge on any atom is 0.257 e. The van der Waals surface area contributed by atoms with Crippen molar-refractivity contribution in [3.05, 3.63) is 42.0 Å². The van der Waals surface area contributed by atoms with Crippen LogP contribution >= 0.6 is 0 Å². The summed E-state index contributed by atoms with van der Waals surface area (Å²) in [7, 11) is 0. The molecule has 0 unspecified atom stereocenters. The lowest BCUT2D eigenvalue weighted by Crippen LogP contribution is -2.02. The molecule has 0 atom stereocenters. The first-order valence-electron chi connectivity index (χ1n) is 5.42. The summed E-state index contributed by atoms with van der Waals surface area (Å²) in [5.74, 6) is 1.04. The molecular weight excluding hydrogens is 232 g/mol. The van der Waals surface area contributed by atoms with Gasteiger partial charge in [-0.15, -0.1) is 5.10 Å². The first-order chi connectivity index (χ1) is 8.81. The number of hydrogen-bond acceptors (Lipinski definition) is 6. The number of aryl methyl sites for hydroxylation is 1. The summed E-state index contributed by atoms with van der Waals surface area (Å²) in [5.41, 5.74) is 2.05. The molecule has 0 aliphatic rings. The molecule has 1 aromatic carbocycles. The van der Waals surface area contributed by atoms with Gasteiger partial charge in [0, 0.05) is 5.56 Å². The third-order valence-electron chi connectivity index (χ3n) is 2.43. The molecule has 0 saturated heterocycles. The Morgan fingerprint density at radius 2 is 2.28 bits per heavy atom. The van der Waals surface area contributed by atoms with E-state index < -0.39 is 0 Å². The standard InChI is InChI=1S/C11H10N6O/c1-8-3-2-4-9(5-8)11-13-10(14-18-11)6-17-7-12-15-16-17/h2-5,7H,6H2,1H3. The predicted octanol–water partition coefficient (Wildman–Crippen LogP) is 1.08. The Bertz CT molecular complexity index is 645. The minimum Gasteiger partial charge on any atom is -0.334 e. The van der Waals surface area contributed by atoms with E-state index in [0.717, 1.165) is 11.1 Å². The van der Waals surface area contributed by atoms with E-state index in [9.17, 15) is 0 Å². The van der Waals surface area contributed by atoms with E-state index in [1.54, 1.807) is 0 Å². The summed E-state index contributed by atoms with van der Waals surface area (Å²) >= 11 is 0. The number of benzene rings is 1. The lowest BCUT2D eigenvalue weighted by atomic mass is 10.1. The van der Waals surface area contributed by atoms with Gasteiger partial charge in [-0.25, -0.2) is 4.68 Å². The van der Waals surface area contributed by atoms with Crippen LogP contribution in [0.1, 0.15) is 11.4 Å². The molecule has 0 aliphatic heterocycles. The molecule has 90 valence electrons. The van der Waals surface area contributed by atoms with Crippen LogP contribution in [-0.2, 0) is 6.54 Å². The third-order valence-corrected chi connectivity index (χ3v) is 2.43. The van der Waals surface area contributed by atoms with Crippen LogP contribution < -0.4 is 0 Å². The van der Waals surface area contributed by atoms with Gasteiger partial charge in [-0.2, -0.15) is 4.98 Å². The molecule has 3 aromatic rings. The van der Waals surface area contributed by atoms with E-state index in [0.29, 0.717) is 18.3 Å². The van der Waals surface area contributed by atoms with Crippen LogP contribution in [0.25, 0.3) is 11.5 Å². The zero-order valence-electron chi connectivity index (χ0n) is 9.69. The lowest BCUT2D eigenvalue weighted by Gasteiger charge is -1.95. The van der Waals surface area contributed by atoms with Crippen LogP contribution in [0.5, 0.6) is 0 Å². The van der Waals surface area contributed by atoms with Crippen molar-refractivity contribution in [3.8, 4) is 11.5 Å². The highest BCUT2D eigenvalue weighted by molar-refractivity contribution is 5.53. The minimum absolute atomic E-state index is 0.391. The van der Waals surface area contributed by atoms with Crippen molar-refractivity contribution in [1.82, 2.24) is 30.3 Å². The maximum absolute atomic E-state index is 5.21. The molecule has 3 rings (SSSR count). The lowest BCUT2D eigenvalue weighted by molar-refractivity contribution is 0.418. The van der Waals surface area contributed by atoms with E-state index in [1.165, 1.54) is 11.0 Å². The van der Waals surface area contributed by atoms with Gasteiger partial charge in [-0.1, -0.05) is 22.9 Å². The zero-order chi connectivity index (χ0) is 12.4. The average molecular weight is 242 g/mol. The fraction of sp³-hybridized carbons (Fsp3) is 0.182. The van der Waals surface area contributed by atoms with Gasteiger partial charge in [0.25, 0.3) is 5.89 Å². The van der Waals surface area contributed by atoms with Crippen LogP contribution in [0.15, 0.2) is 35.1 Å². The Morgan fingerprint density at radius 1 is 1.33 bits per heavy atom. The summed E-state index contributed by atoms with van der Waals surface area (Å²) in [4.78, 5) is 4.30. The zero-order valence-corrected chi connectivity index (χ0v) is 9.69. The van der Waals surface area contributed by atoms with Crippen molar-refractivity contribution in [1.29, 1.82) is 0 Å². The fourth-order valence-corrected chi connectivity index (χ4v) is 1.61. The van der Waals surface area contributed by atoms with Gasteiger partial charge in [0.15, 0.2) is 5.82 Å². The van der Waals surface area contributed by atoms with E-state index in [4.69, 9.17) is 4.52 Å². The van der Waals surface area contributed by atoms with Gasteiger partial charge in [0.05, 0.1) is 0 Å². The molecule has 0 fully saturated rings. The molecular formula is C11H10N6O. The fourth-order valence-electron chi connectivity index (χ4n) is 1.61. The van der Waals surface area contributed by atoms with Gasteiger partial charge in [0.2, 0.25) is 0 Å². The molecule has 0 bridgehead atoms. The summed E-state index contributed by atoms with van der Waals surface area (Å²) in [6, 6.07) is 7.90. The smallest absolute Gasteiger partial charge is 0.257 e. The van der Waals surface area contributed by atoms with Gasteiger partial charge in [0.1, 0.15) is 12.9 Å². The van der Waals surface area contributed by atoms with Gasteiger partial charge in [-0.05, 0) is 29.5 Å². The number of nitrogens with zero attached hydrogens (tertiary/aromatic N) is 6. The van der Waals surface area contributed by atoms with Crippen LogP contribution in [0.4, 0.5) is 0 Å². The Labute approximate surface area is 102 Å². The number of tetrazole rings is 1. The maximum atomic E-state index is 5.21. The van der Waals surface area contributed by atoms with Crippen molar-refractivity contribution < 1.29 is 4.52 Å². The largest absolute Gasteiger partial charge is 0.334 e. The molecule has 7 nitrogen and oxygen atoms in total. The first kappa shape index (κ1) is 10.6. The van der Waals surface area contributed by atoms with Crippen molar-refractivity contribution in [2.24, 2.45) is 0 Å². The van der Waals surface area contributed by atoms with E-state index in [2.05, 4.69) is 25.7 Å². The summed E-state index contributed by atoms with van der Waals surface area (Å²) < 4.78 is 6.74. The van der Waals surface area contributed by atoms with Gasteiger partial charge in [-0.3, -0.25) is 0 Å². The second-order valence-electron chi connectivity index (χ2n) is 3.89. The van der Waals surface area contributed by atoms with E-state index in [-0.39, 0.29) is 0 Å². The minimum atomic E-state index is 0.391. The SMILES string of the molecule is Cc1cccc(-c2nc(Cn3cnnn3)no2)c1. The van der Waals surface area contributed by atoms with Gasteiger partial charge < -0.3 is 4.52 Å². The molecule has 0 spiro atoms. The average Bonchev–Trinajstić information content (AvgIpc) is 3.01. The molecule has 2 heterocycles. The second-order valence-corrected chi connectivity index (χ2v) is 3.89. The third kappa shape index (κ3) is 2.10. The highest BCUT2D eigenvalue weighted by Gasteiger charge is 2.09. The van der Waals surface area contributed by atoms with Crippen LogP contribution in [-0.4, -0.2) is 30.3 Å². The predicted molar refractivity (Wildman–Crippen MR) is 61.4 cm³/mol. The molecule has 0 N–H and O–H groups in total. The van der Waals surface area contributed by atoms with E-state index in [1.807, 2.05) is 31.2 Å². The normalized spacial score (nSPS) is 10.7. The molecule has 2 aromatic heterocycles. The number of rotatable bonds is 3. The van der Waals surface area contributed by atoms with Crippen LogP contribution in [0.3, 0.4) is 0 Å². The molecule has 0 aliphatic carbocycles. The summed E-state index contributed by atoms with van der Waals surface area (Å²) in [6.45, 7) is 2.41. The molecule has 7 heteroatoms. The molecule has 0 radical (unpaired) electrons. The van der Waals surface area contributed by atoms with Gasteiger partial charge >= 0.3 is 0 Å². The second kappa shape index (κ2) is 4.36. The quantitative estimate of drug-likeness (QED) is 0.683. The Kier molecular flexibility index (Phi) is 2.56. The van der Waals surface area contributed by atoms with E-state index >= 15 is 0 Å². The molecule has 0 amide bonds. The monoisotopic (exact) mass is 242 g/mol. The summed E-state index contributed by atoms with van der Waals surface area (Å²) in [5, 5.41) is 14.7. The first-order valence-corrected chi connectivity index (χ1v) is 5.42. The highest BCUT2D eigenvalue weighted by Crippen LogP contribution is 2.18. The topological polar surface area (TPSA) is 82.5 Å². The molecule has 0 saturated carbocycles. The Morgan fingerprint density at radius 3 is 3.06 bits per heavy atom.